The molecule has 0 aliphatic heterocycles. The fourth-order valence-electron chi connectivity index (χ4n) is 1.35. The smallest absolute Gasteiger partial charge is 0.0450 e. The van der Waals surface area contributed by atoms with Gasteiger partial charge in [-0.3, -0.25) is 4.98 Å². The van der Waals surface area contributed by atoms with Crippen molar-refractivity contribution in [2.45, 2.75) is 20.8 Å². The van der Waals surface area contributed by atoms with E-state index >= 15 is 0 Å². The van der Waals surface area contributed by atoms with E-state index in [-0.39, 0.29) is 0 Å². The number of hydrogen-bond donors (Lipinski definition) is 1. The molecule has 1 heterocycles. The van der Waals surface area contributed by atoms with Crippen LogP contribution in [-0.2, 0) is 0 Å². The van der Waals surface area contributed by atoms with Crippen molar-refractivity contribution >= 4 is 16.5 Å². The molecule has 0 saturated heterocycles. The monoisotopic (exact) mass is 188 g/mol. The number of anilines is 1. The zero-order valence-electron chi connectivity index (χ0n) is 8.91. The molecule has 74 valence electrons. The van der Waals surface area contributed by atoms with Crippen molar-refractivity contribution in [2.24, 2.45) is 0 Å². The third-order valence-electron chi connectivity index (χ3n) is 1.99. The number of benzene rings is 1. The minimum Gasteiger partial charge on any atom is -0.399 e. The SMILES string of the molecule is CC.Cc1nccc2cc(N)ccc12. The van der Waals surface area contributed by atoms with Gasteiger partial charge >= 0.3 is 0 Å². The van der Waals surface area contributed by atoms with E-state index in [1.54, 1.807) is 6.20 Å². The quantitative estimate of drug-likeness (QED) is 0.645. The van der Waals surface area contributed by atoms with Gasteiger partial charge in [0.2, 0.25) is 0 Å². The van der Waals surface area contributed by atoms with Crippen molar-refractivity contribution in [3.05, 3.63) is 36.2 Å². The maximum Gasteiger partial charge on any atom is 0.0450 e. The number of rotatable bonds is 0. The minimum absolute atomic E-state index is 0.799. The molecule has 0 radical (unpaired) electrons. The number of hydrogen-bond acceptors (Lipinski definition) is 2. The van der Waals surface area contributed by atoms with Crippen LogP contribution in [0.5, 0.6) is 0 Å². The fourth-order valence-corrected chi connectivity index (χ4v) is 1.35. The first kappa shape index (κ1) is 10.5. The Labute approximate surface area is 84.8 Å². The highest BCUT2D eigenvalue weighted by Crippen LogP contribution is 2.18. The average molecular weight is 188 g/mol. The maximum absolute atomic E-state index is 5.65. The van der Waals surface area contributed by atoms with Gasteiger partial charge in [0.1, 0.15) is 0 Å². The van der Waals surface area contributed by atoms with E-state index in [0.717, 1.165) is 16.8 Å². The topological polar surface area (TPSA) is 38.9 Å². The summed E-state index contributed by atoms with van der Waals surface area (Å²) in [6.07, 6.45) is 1.80. The van der Waals surface area contributed by atoms with Crippen LogP contribution < -0.4 is 5.73 Å². The van der Waals surface area contributed by atoms with Crippen LogP contribution in [0, 0.1) is 6.92 Å². The summed E-state index contributed by atoms with van der Waals surface area (Å²) in [5.74, 6) is 0. The second-order valence-corrected chi connectivity index (χ2v) is 2.88. The number of fused-ring (bicyclic) bond motifs is 1. The molecule has 0 unspecified atom stereocenters. The molecular weight excluding hydrogens is 172 g/mol. The summed E-state index contributed by atoms with van der Waals surface area (Å²) in [5.41, 5.74) is 7.50. The first-order valence-electron chi connectivity index (χ1n) is 4.88. The molecule has 0 aliphatic rings. The van der Waals surface area contributed by atoms with Crippen LogP contribution in [-0.4, -0.2) is 4.98 Å². The zero-order valence-corrected chi connectivity index (χ0v) is 8.91. The van der Waals surface area contributed by atoms with Gasteiger partial charge < -0.3 is 5.73 Å². The van der Waals surface area contributed by atoms with E-state index in [1.807, 2.05) is 45.0 Å². The Morgan fingerprint density at radius 2 is 1.86 bits per heavy atom. The van der Waals surface area contributed by atoms with Crippen LogP contribution in [0.2, 0.25) is 0 Å². The third-order valence-corrected chi connectivity index (χ3v) is 1.99. The second-order valence-electron chi connectivity index (χ2n) is 2.88. The van der Waals surface area contributed by atoms with E-state index < -0.39 is 0 Å². The molecular formula is C12H16N2. The van der Waals surface area contributed by atoms with E-state index in [2.05, 4.69) is 4.98 Å². The minimum atomic E-state index is 0.799. The lowest BCUT2D eigenvalue weighted by atomic mass is 10.1. The first-order chi connectivity index (χ1) is 6.77. The summed E-state index contributed by atoms with van der Waals surface area (Å²) in [5, 5.41) is 2.33. The van der Waals surface area contributed by atoms with E-state index in [1.165, 1.54) is 5.39 Å². The molecule has 1 aromatic heterocycles. The zero-order chi connectivity index (χ0) is 10.6. The molecule has 0 fully saturated rings. The Kier molecular flexibility index (Phi) is 3.46. The second kappa shape index (κ2) is 4.61. The predicted molar refractivity (Wildman–Crippen MR) is 62.2 cm³/mol. The summed E-state index contributed by atoms with van der Waals surface area (Å²) in [7, 11) is 0. The predicted octanol–water partition coefficient (Wildman–Crippen LogP) is 3.15. The number of aryl methyl sites for hydroxylation is 1. The average Bonchev–Trinajstić information content (AvgIpc) is 2.21. The Morgan fingerprint density at radius 1 is 1.14 bits per heavy atom. The molecule has 0 amide bonds. The lowest BCUT2D eigenvalue weighted by Gasteiger charge is -2.00. The Bertz CT molecular complexity index is 422. The third kappa shape index (κ3) is 2.02. The Morgan fingerprint density at radius 3 is 2.57 bits per heavy atom. The van der Waals surface area contributed by atoms with Gasteiger partial charge in [-0.2, -0.15) is 0 Å². The fraction of sp³-hybridized carbons (Fsp3) is 0.250. The van der Waals surface area contributed by atoms with Gasteiger partial charge in [-0.15, -0.1) is 0 Å². The normalized spacial score (nSPS) is 9.36. The number of nitrogen functional groups attached to an aromatic ring is 1. The molecule has 2 nitrogen and oxygen atoms in total. The van der Waals surface area contributed by atoms with E-state index in [0.29, 0.717) is 0 Å². The molecule has 1 aromatic carbocycles. The highest BCUT2D eigenvalue weighted by molar-refractivity contribution is 5.86. The molecule has 14 heavy (non-hydrogen) atoms. The van der Waals surface area contributed by atoms with Gasteiger partial charge in [0.25, 0.3) is 0 Å². The summed E-state index contributed by atoms with van der Waals surface area (Å²) in [6, 6.07) is 7.84. The maximum atomic E-state index is 5.65. The summed E-state index contributed by atoms with van der Waals surface area (Å²) >= 11 is 0. The molecule has 0 atom stereocenters. The standard InChI is InChI=1S/C10H10N2.C2H6/c1-7-10-3-2-9(11)6-8(10)4-5-12-7;1-2/h2-6H,11H2,1H3;1-2H3. The van der Waals surface area contributed by atoms with Crippen molar-refractivity contribution in [3.8, 4) is 0 Å². The lowest BCUT2D eigenvalue weighted by molar-refractivity contribution is 1.24. The molecule has 2 heteroatoms. The van der Waals surface area contributed by atoms with E-state index in [4.69, 9.17) is 5.73 Å². The van der Waals surface area contributed by atoms with Crippen LogP contribution in [0.4, 0.5) is 5.69 Å². The number of nitrogens with two attached hydrogens (primary N) is 1. The molecule has 0 saturated carbocycles. The Hall–Kier alpha value is -1.57. The van der Waals surface area contributed by atoms with Crippen molar-refractivity contribution < 1.29 is 0 Å². The molecule has 0 aliphatic carbocycles. The summed E-state index contributed by atoms with van der Waals surface area (Å²) < 4.78 is 0. The molecule has 0 bridgehead atoms. The van der Waals surface area contributed by atoms with Crippen LogP contribution in [0.1, 0.15) is 19.5 Å². The first-order valence-corrected chi connectivity index (χ1v) is 4.88. The van der Waals surface area contributed by atoms with Gasteiger partial charge in [0.05, 0.1) is 0 Å². The van der Waals surface area contributed by atoms with Crippen LogP contribution in [0.3, 0.4) is 0 Å². The number of pyridine rings is 1. The van der Waals surface area contributed by atoms with Crippen molar-refractivity contribution in [3.63, 3.8) is 0 Å². The van der Waals surface area contributed by atoms with Crippen molar-refractivity contribution in [1.82, 2.24) is 4.98 Å². The molecule has 2 aromatic rings. The molecule has 0 spiro atoms. The van der Waals surface area contributed by atoms with Gasteiger partial charge in [-0.1, -0.05) is 19.9 Å². The number of nitrogens with zero attached hydrogens (tertiary/aromatic N) is 1. The van der Waals surface area contributed by atoms with Crippen molar-refractivity contribution in [2.75, 3.05) is 5.73 Å². The Balaban J connectivity index is 0.000000461. The van der Waals surface area contributed by atoms with Crippen LogP contribution in [0.25, 0.3) is 10.8 Å². The number of aromatic nitrogens is 1. The van der Waals surface area contributed by atoms with Gasteiger partial charge in [-0.25, -0.2) is 0 Å². The van der Waals surface area contributed by atoms with Crippen LogP contribution in [0.15, 0.2) is 30.5 Å². The highest BCUT2D eigenvalue weighted by atomic mass is 14.7. The largest absolute Gasteiger partial charge is 0.399 e. The summed E-state index contributed by atoms with van der Waals surface area (Å²) in [6.45, 7) is 6.00. The van der Waals surface area contributed by atoms with Gasteiger partial charge in [0, 0.05) is 23.0 Å². The highest BCUT2D eigenvalue weighted by Gasteiger charge is 1.96. The van der Waals surface area contributed by atoms with Crippen molar-refractivity contribution in [1.29, 1.82) is 0 Å². The summed E-state index contributed by atoms with van der Waals surface area (Å²) in [4.78, 5) is 4.20. The molecule has 2 rings (SSSR count). The lowest BCUT2D eigenvalue weighted by Crippen LogP contribution is -1.86. The van der Waals surface area contributed by atoms with Gasteiger partial charge in [0.15, 0.2) is 0 Å². The van der Waals surface area contributed by atoms with Crippen LogP contribution >= 0.6 is 0 Å². The van der Waals surface area contributed by atoms with E-state index in [9.17, 15) is 0 Å². The molecule has 2 N–H and O–H groups in total. The van der Waals surface area contributed by atoms with Gasteiger partial charge in [-0.05, 0) is 30.5 Å².